The van der Waals surface area contributed by atoms with Gasteiger partial charge in [0.25, 0.3) is 0 Å². The molecule has 102 valence electrons. The number of imidazole rings is 1. The van der Waals surface area contributed by atoms with E-state index >= 15 is 0 Å². The first kappa shape index (κ1) is 12.9. The van der Waals surface area contributed by atoms with Gasteiger partial charge in [-0.25, -0.2) is 9.37 Å². The minimum absolute atomic E-state index is 0.190. The summed E-state index contributed by atoms with van der Waals surface area (Å²) in [6.07, 6.45) is 0. The first-order valence-electron chi connectivity index (χ1n) is 6.53. The standard InChI is InChI=1S/C15H18ClFN2/c1-14(2)13(15(14,3)4)19-11-6-5-9(17)7-10(11)18-12(19)8-16/h5-7,13H,8H2,1-4H3. The van der Waals surface area contributed by atoms with E-state index in [1.54, 1.807) is 6.07 Å². The van der Waals surface area contributed by atoms with E-state index in [4.69, 9.17) is 11.6 Å². The third-order valence-corrected chi connectivity index (χ3v) is 5.29. The van der Waals surface area contributed by atoms with Gasteiger partial charge >= 0.3 is 0 Å². The van der Waals surface area contributed by atoms with Crippen LogP contribution in [0, 0.1) is 16.6 Å². The quantitative estimate of drug-likeness (QED) is 0.740. The monoisotopic (exact) mass is 280 g/mol. The number of hydrogen-bond acceptors (Lipinski definition) is 1. The molecule has 1 aromatic heterocycles. The molecule has 0 spiro atoms. The van der Waals surface area contributed by atoms with Crippen molar-refractivity contribution in [3.63, 3.8) is 0 Å². The van der Waals surface area contributed by atoms with Crippen molar-refractivity contribution in [2.24, 2.45) is 10.8 Å². The predicted octanol–water partition coefficient (Wildman–Crippen LogP) is 4.52. The van der Waals surface area contributed by atoms with Crippen LogP contribution in [0.1, 0.15) is 39.6 Å². The van der Waals surface area contributed by atoms with E-state index in [0.29, 0.717) is 17.4 Å². The minimum atomic E-state index is -0.257. The zero-order valence-corrected chi connectivity index (χ0v) is 12.4. The highest BCUT2D eigenvalue weighted by Gasteiger charge is 2.66. The predicted molar refractivity (Wildman–Crippen MR) is 75.8 cm³/mol. The summed E-state index contributed by atoms with van der Waals surface area (Å²) >= 11 is 6.02. The second kappa shape index (κ2) is 3.72. The second-order valence-electron chi connectivity index (χ2n) is 6.51. The molecule has 19 heavy (non-hydrogen) atoms. The van der Waals surface area contributed by atoms with Crippen LogP contribution in [-0.2, 0) is 5.88 Å². The maximum Gasteiger partial charge on any atom is 0.125 e. The molecule has 0 bridgehead atoms. The Hall–Kier alpha value is -1.09. The molecule has 1 aliphatic rings. The third kappa shape index (κ3) is 1.57. The summed E-state index contributed by atoms with van der Waals surface area (Å²) in [4.78, 5) is 4.48. The van der Waals surface area contributed by atoms with Crippen LogP contribution in [0.3, 0.4) is 0 Å². The fourth-order valence-electron chi connectivity index (χ4n) is 3.31. The van der Waals surface area contributed by atoms with Gasteiger partial charge in [0.05, 0.1) is 16.9 Å². The molecule has 1 aromatic carbocycles. The number of rotatable bonds is 2. The average Bonchev–Trinajstić information content (AvgIpc) is 2.63. The van der Waals surface area contributed by atoms with Crippen molar-refractivity contribution < 1.29 is 4.39 Å². The summed E-state index contributed by atoms with van der Waals surface area (Å²) < 4.78 is 15.5. The van der Waals surface area contributed by atoms with Gasteiger partial charge in [-0.15, -0.1) is 11.6 Å². The molecule has 0 radical (unpaired) electrons. The Labute approximate surface area is 117 Å². The van der Waals surface area contributed by atoms with E-state index in [2.05, 4.69) is 37.2 Å². The molecule has 1 saturated carbocycles. The molecule has 3 rings (SSSR count). The van der Waals surface area contributed by atoms with Crippen LogP contribution in [0.2, 0.25) is 0 Å². The van der Waals surface area contributed by atoms with Gasteiger partial charge in [0.1, 0.15) is 11.6 Å². The highest BCUT2D eigenvalue weighted by atomic mass is 35.5. The molecule has 0 saturated heterocycles. The Kier molecular flexibility index (Phi) is 2.53. The van der Waals surface area contributed by atoms with Gasteiger partial charge < -0.3 is 4.57 Å². The maximum atomic E-state index is 13.3. The number of benzene rings is 1. The van der Waals surface area contributed by atoms with Crippen molar-refractivity contribution in [3.8, 4) is 0 Å². The third-order valence-electron chi connectivity index (χ3n) is 5.05. The van der Waals surface area contributed by atoms with Crippen LogP contribution in [0.5, 0.6) is 0 Å². The van der Waals surface area contributed by atoms with E-state index in [1.165, 1.54) is 12.1 Å². The lowest BCUT2D eigenvalue weighted by Gasteiger charge is -2.10. The van der Waals surface area contributed by atoms with Gasteiger partial charge in [-0.1, -0.05) is 27.7 Å². The van der Waals surface area contributed by atoms with E-state index in [0.717, 1.165) is 11.3 Å². The number of aromatic nitrogens is 2. The van der Waals surface area contributed by atoms with Crippen LogP contribution < -0.4 is 0 Å². The Balaban J connectivity index is 2.24. The lowest BCUT2D eigenvalue weighted by Crippen LogP contribution is -2.05. The van der Waals surface area contributed by atoms with E-state index in [1.807, 2.05) is 0 Å². The summed E-state index contributed by atoms with van der Waals surface area (Å²) in [7, 11) is 0. The first-order valence-corrected chi connectivity index (χ1v) is 7.06. The Morgan fingerprint density at radius 1 is 1.26 bits per heavy atom. The summed E-state index contributed by atoms with van der Waals surface area (Å²) in [5.41, 5.74) is 2.04. The number of fused-ring (bicyclic) bond motifs is 1. The van der Waals surface area contributed by atoms with Gasteiger partial charge in [-0.2, -0.15) is 0 Å². The smallest absolute Gasteiger partial charge is 0.125 e. The summed E-state index contributed by atoms with van der Waals surface area (Å²) in [5, 5.41) is 0. The number of nitrogens with zero attached hydrogens (tertiary/aromatic N) is 2. The van der Waals surface area contributed by atoms with Crippen molar-refractivity contribution in [3.05, 3.63) is 29.8 Å². The lowest BCUT2D eigenvalue weighted by atomic mass is 10.0. The van der Waals surface area contributed by atoms with Gasteiger partial charge in [0, 0.05) is 12.1 Å². The first-order chi connectivity index (χ1) is 8.80. The molecule has 0 atom stereocenters. The highest BCUT2D eigenvalue weighted by Crippen LogP contribution is 2.72. The van der Waals surface area contributed by atoms with Crippen LogP contribution in [0.15, 0.2) is 18.2 Å². The van der Waals surface area contributed by atoms with Gasteiger partial charge in [0.15, 0.2) is 0 Å². The Morgan fingerprint density at radius 3 is 2.42 bits per heavy atom. The van der Waals surface area contributed by atoms with E-state index in [-0.39, 0.29) is 16.6 Å². The molecule has 4 heteroatoms. The van der Waals surface area contributed by atoms with E-state index < -0.39 is 0 Å². The fraction of sp³-hybridized carbons (Fsp3) is 0.533. The van der Waals surface area contributed by atoms with Crippen molar-refractivity contribution in [2.75, 3.05) is 0 Å². The van der Waals surface area contributed by atoms with Crippen molar-refractivity contribution >= 4 is 22.6 Å². The van der Waals surface area contributed by atoms with Crippen molar-refractivity contribution in [2.45, 2.75) is 39.6 Å². The van der Waals surface area contributed by atoms with Crippen LogP contribution in [0.4, 0.5) is 4.39 Å². The molecule has 0 unspecified atom stereocenters. The summed E-state index contributed by atoms with van der Waals surface area (Å²) in [6, 6.07) is 5.12. The Bertz CT molecular complexity index is 643. The number of alkyl halides is 1. The Morgan fingerprint density at radius 2 is 1.89 bits per heavy atom. The van der Waals surface area contributed by atoms with Crippen LogP contribution >= 0.6 is 11.6 Å². The molecule has 1 fully saturated rings. The van der Waals surface area contributed by atoms with Crippen molar-refractivity contribution in [1.29, 1.82) is 0 Å². The molecular formula is C15H18ClFN2. The topological polar surface area (TPSA) is 17.8 Å². The van der Waals surface area contributed by atoms with Gasteiger partial charge in [-0.3, -0.25) is 0 Å². The normalized spacial score (nSPS) is 20.9. The molecule has 2 aromatic rings. The summed E-state index contributed by atoms with van der Waals surface area (Å²) in [5.74, 6) is 0.914. The molecule has 0 aliphatic heterocycles. The number of halogens is 2. The minimum Gasteiger partial charge on any atom is -0.323 e. The number of hydrogen-bond donors (Lipinski definition) is 0. The molecule has 0 N–H and O–H groups in total. The lowest BCUT2D eigenvalue weighted by molar-refractivity contribution is 0.457. The summed E-state index contributed by atoms with van der Waals surface area (Å²) in [6.45, 7) is 9.02. The average molecular weight is 281 g/mol. The molecule has 2 nitrogen and oxygen atoms in total. The van der Waals surface area contributed by atoms with Crippen LogP contribution in [-0.4, -0.2) is 9.55 Å². The largest absolute Gasteiger partial charge is 0.323 e. The second-order valence-corrected chi connectivity index (χ2v) is 6.78. The molecule has 1 heterocycles. The molecular weight excluding hydrogens is 263 g/mol. The zero-order chi connectivity index (χ0) is 14.0. The van der Waals surface area contributed by atoms with Gasteiger partial charge in [-0.05, 0) is 23.0 Å². The maximum absolute atomic E-state index is 13.3. The SMILES string of the molecule is CC1(C)C(n2c(CCl)nc3cc(F)ccc32)C1(C)C. The molecule has 0 amide bonds. The molecule has 1 aliphatic carbocycles. The highest BCUT2D eigenvalue weighted by molar-refractivity contribution is 6.16. The van der Waals surface area contributed by atoms with Crippen LogP contribution in [0.25, 0.3) is 11.0 Å². The fourth-order valence-corrected chi connectivity index (χ4v) is 3.50. The zero-order valence-electron chi connectivity index (χ0n) is 11.7. The van der Waals surface area contributed by atoms with Gasteiger partial charge in [0.2, 0.25) is 0 Å². The van der Waals surface area contributed by atoms with Crippen molar-refractivity contribution in [1.82, 2.24) is 9.55 Å². The van der Waals surface area contributed by atoms with E-state index in [9.17, 15) is 4.39 Å².